The molecule has 15 nitrogen and oxygen atoms in total. The maximum atomic E-state index is 16.3. The van der Waals surface area contributed by atoms with Crippen LogP contribution in [0.5, 0.6) is 0 Å². The van der Waals surface area contributed by atoms with Crippen molar-refractivity contribution in [3.8, 4) is 0 Å². The molecule has 1 aromatic heterocycles. The number of hydrogen-bond acceptors (Lipinski definition) is 14. The van der Waals surface area contributed by atoms with E-state index < -0.39 is 74.6 Å². The number of ether oxygens (including phenoxy) is 5. The molecule has 280 valence electrons. The van der Waals surface area contributed by atoms with Crippen molar-refractivity contribution in [2.45, 2.75) is 50.0 Å². The van der Waals surface area contributed by atoms with E-state index in [-0.39, 0.29) is 42.8 Å². The molecule has 2 aliphatic heterocycles. The summed E-state index contributed by atoms with van der Waals surface area (Å²) in [4.78, 5) is 64.4. The number of halogens is 2. The van der Waals surface area contributed by atoms with E-state index >= 15 is 8.78 Å². The van der Waals surface area contributed by atoms with Gasteiger partial charge in [-0.1, -0.05) is 36.4 Å². The van der Waals surface area contributed by atoms with Crippen molar-refractivity contribution in [2.75, 3.05) is 40.9 Å². The van der Waals surface area contributed by atoms with Crippen LogP contribution >= 0.6 is 18.9 Å². The Labute approximate surface area is 300 Å². The second-order valence-electron chi connectivity index (χ2n) is 11.5. The van der Waals surface area contributed by atoms with E-state index in [1.54, 1.807) is 24.3 Å². The lowest BCUT2D eigenvalue weighted by atomic mass is 10.1. The van der Waals surface area contributed by atoms with Crippen molar-refractivity contribution in [3.05, 3.63) is 70.6 Å². The van der Waals surface area contributed by atoms with E-state index in [0.29, 0.717) is 17.5 Å². The Kier molecular flexibility index (Phi) is 12.5. The van der Waals surface area contributed by atoms with Gasteiger partial charge in [-0.05, 0) is 54.8 Å². The summed E-state index contributed by atoms with van der Waals surface area (Å²) in [6.45, 7) is -2.42. The van der Waals surface area contributed by atoms with Gasteiger partial charge in [0.2, 0.25) is 13.6 Å². The molecule has 2 atom stereocenters. The molecule has 0 aliphatic carbocycles. The van der Waals surface area contributed by atoms with Gasteiger partial charge in [-0.25, -0.2) is 24.0 Å². The van der Waals surface area contributed by atoms with Crippen molar-refractivity contribution in [2.24, 2.45) is 0 Å². The Balaban J connectivity index is 1.32. The molecule has 2 saturated heterocycles. The van der Waals surface area contributed by atoms with Crippen molar-refractivity contribution < 1.29 is 70.1 Å². The van der Waals surface area contributed by atoms with Crippen molar-refractivity contribution >= 4 is 59.1 Å². The van der Waals surface area contributed by atoms with Crippen LogP contribution in [0, 0.1) is 0 Å². The van der Waals surface area contributed by atoms with Crippen molar-refractivity contribution in [3.63, 3.8) is 0 Å². The minimum atomic E-state index is -5.73. The first-order chi connectivity index (χ1) is 24.9. The molecule has 5 rings (SSSR count). The molecule has 2 aromatic carbocycles. The zero-order valence-electron chi connectivity index (χ0n) is 28.0. The van der Waals surface area contributed by atoms with Crippen LogP contribution in [0.3, 0.4) is 0 Å². The van der Waals surface area contributed by atoms with E-state index in [2.05, 4.69) is 0 Å². The fourth-order valence-electron chi connectivity index (χ4n) is 5.67. The third kappa shape index (κ3) is 8.52. The van der Waals surface area contributed by atoms with Gasteiger partial charge in [-0.2, -0.15) is 8.78 Å². The lowest BCUT2D eigenvalue weighted by Crippen LogP contribution is -2.41. The number of fused-ring (bicyclic) bond motifs is 1. The highest BCUT2D eigenvalue weighted by Gasteiger charge is 2.56. The number of carbonyl (C=O) groups excluding carboxylic acids is 5. The normalized spacial score (nSPS) is 17.5. The van der Waals surface area contributed by atoms with Crippen LogP contribution in [0.2, 0.25) is 0 Å². The van der Waals surface area contributed by atoms with E-state index in [9.17, 15) is 28.5 Å². The Bertz CT molecular complexity index is 1790. The molecule has 0 radical (unpaired) electrons. The lowest BCUT2D eigenvalue weighted by Gasteiger charge is -2.28. The summed E-state index contributed by atoms with van der Waals surface area (Å²) in [5, 5.41) is 0.184. The Hall–Kier alpha value is -4.64. The van der Waals surface area contributed by atoms with Crippen molar-refractivity contribution in [1.29, 1.82) is 0 Å². The highest BCUT2D eigenvalue weighted by atomic mass is 32.1. The summed E-state index contributed by atoms with van der Waals surface area (Å²) in [6.07, 6.45) is -0.817. The van der Waals surface area contributed by atoms with Crippen LogP contribution in [-0.2, 0) is 59.2 Å². The number of nitrogens with zero attached hydrogens (tertiary/aromatic N) is 2. The molecule has 2 fully saturated rings. The summed E-state index contributed by atoms with van der Waals surface area (Å²) in [5.74, 6) is -2.09. The van der Waals surface area contributed by atoms with Gasteiger partial charge in [-0.15, -0.1) is 11.3 Å². The molecule has 0 unspecified atom stereocenters. The van der Waals surface area contributed by atoms with Gasteiger partial charge in [0.05, 0.1) is 14.2 Å². The minimum Gasteiger partial charge on any atom is -0.467 e. The first kappa shape index (κ1) is 38.6. The minimum absolute atomic E-state index is 0.00748. The number of esters is 3. The summed E-state index contributed by atoms with van der Waals surface area (Å²) in [7, 11) is -3.45. The average Bonchev–Trinajstić information content (AvgIpc) is 3.93. The van der Waals surface area contributed by atoms with Gasteiger partial charge in [-0.3, -0.25) is 23.4 Å². The Morgan fingerprint density at radius 1 is 0.808 bits per heavy atom. The average molecular weight is 769 g/mol. The van der Waals surface area contributed by atoms with Crippen LogP contribution in [-0.4, -0.2) is 92.9 Å². The molecular formula is C33H35F2N2O13PS. The molecule has 52 heavy (non-hydrogen) atoms. The van der Waals surface area contributed by atoms with Crippen LogP contribution in [0.4, 0.5) is 18.4 Å². The SMILES string of the molecule is COC(=O)[C@@H]1CCCN1C(=O)OCOP(=O)(OCOC(=O)N1CCC[C@H]1C(=O)OC)C(F)(F)c1ccc2sc(C(=O)OCc3ccccc3)cc2c1. The number of methoxy groups -OCH3 is 2. The molecule has 3 heterocycles. The first-order valence-electron chi connectivity index (χ1n) is 15.9. The fourth-order valence-corrected chi connectivity index (χ4v) is 7.85. The molecular weight excluding hydrogens is 733 g/mol. The number of amides is 2. The molecule has 3 aromatic rings. The van der Waals surface area contributed by atoms with Gasteiger partial charge in [0, 0.05) is 23.4 Å². The fraction of sp³-hybridized carbons (Fsp3) is 0.424. The van der Waals surface area contributed by atoms with Gasteiger partial charge < -0.3 is 23.7 Å². The standard InChI is InChI=1S/C33H35F2N2O13PS/c1-44-28(38)24-10-6-14-36(24)31(41)47-19-49-51(43,50-20-48-32(42)37-15-7-11-25(37)29(39)45-2)33(34,35)23-12-13-26-22(16-23)17-27(52-26)30(40)46-18-21-8-4-3-5-9-21/h3-5,8-9,12-13,16-17,24-25H,6-7,10-11,14-15,18-20H2,1-2H3/t24-,25-/m0/s1. The summed E-state index contributed by atoms with van der Waals surface area (Å²) >= 11 is 0.992. The number of benzene rings is 2. The smallest absolute Gasteiger partial charge is 0.412 e. The summed E-state index contributed by atoms with van der Waals surface area (Å²) in [5.41, 5.74) is -4.56. The summed E-state index contributed by atoms with van der Waals surface area (Å²) < 4.78 is 81.4. The third-order valence-corrected chi connectivity index (χ3v) is 11.3. The van der Waals surface area contributed by atoms with Gasteiger partial charge in [0.1, 0.15) is 23.6 Å². The maximum Gasteiger partial charge on any atom is 0.412 e. The first-order valence-corrected chi connectivity index (χ1v) is 18.3. The highest BCUT2D eigenvalue weighted by molar-refractivity contribution is 7.54. The molecule has 2 aliphatic rings. The maximum absolute atomic E-state index is 16.3. The van der Waals surface area contributed by atoms with Gasteiger partial charge in [0.25, 0.3) is 0 Å². The molecule has 0 spiro atoms. The number of carbonyl (C=O) groups is 5. The largest absolute Gasteiger partial charge is 0.467 e. The number of hydrogen-bond donors (Lipinski definition) is 0. The Morgan fingerprint density at radius 2 is 1.37 bits per heavy atom. The molecule has 0 saturated carbocycles. The van der Waals surface area contributed by atoms with Crippen LogP contribution in [0.1, 0.15) is 46.5 Å². The van der Waals surface area contributed by atoms with Gasteiger partial charge >= 0.3 is 43.4 Å². The van der Waals surface area contributed by atoms with Crippen LogP contribution in [0.15, 0.2) is 54.6 Å². The predicted octanol–water partition coefficient (Wildman–Crippen LogP) is 6.00. The van der Waals surface area contributed by atoms with E-state index in [4.69, 9.17) is 32.7 Å². The van der Waals surface area contributed by atoms with Crippen LogP contribution in [0.25, 0.3) is 10.1 Å². The molecule has 19 heteroatoms. The molecule has 0 N–H and O–H groups in total. The quantitative estimate of drug-likeness (QED) is 0.0859. The second kappa shape index (κ2) is 16.8. The summed E-state index contributed by atoms with van der Waals surface area (Å²) in [6, 6.07) is 11.5. The van der Waals surface area contributed by atoms with E-state index in [1.165, 1.54) is 12.1 Å². The highest BCUT2D eigenvalue weighted by Crippen LogP contribution is 2.67. The topological polar surface area (TPSA) is 174 Å². The van der Waals surface area contributed by atoms with E-state index in [0.717, 1.165) is 53.1 Å². The molecule has 2 amide bonds. The monoisotopic (exact) mass is 768 g/mol. The number of likely N-dealkylation sites (tertiary alicyclic amines) is 2. The predicted molar refractivity (Wildman–Crippen MR) is 177 cm³/mol. The number of thiophene rings is 1. The zero-order valence-corrected chi connectivity index (χ0v) is 29.7. The number of alkyl halides is 2. The van der Waals surface area contributed by atoms with Crippen molar-refractivity contribution in [1.82, 2.24) is 9.80 Å². The van der Waals surface area contributed by atoms with Gasteiger partial charge in [0.15, 0.2) is 0 Å². The Morgan fingerprint density at radius 3 is 1.90 bits per heavy atom. The number of rotatable bonds is 13. The van der Waals surface area contributed by atoms with E-state index in [1.807, 2.05) is 6.07 Å². The molecule has 0 bridgehead atoms. The van der Waals surface area contributed by atoms with Crippen LogP contribution < -0.4 is 0 Å². The lowest BCUT2D eigenvalue weighted by molar-refractivity contribution is -0.146. The third-order valence-electron chi connectivity index (χ3n) is 8.35. The second-order valence-corrected chi connectivity index (χ2v) is 14.7. The zero-order chi connectivity index (χ0) is 37.5.